The molecular formula is C23H24N2O5. The van der Waals surface area contributed by atoms with Crippen molar-refractivity contribution in [1.82, 2.24) is 10.0 Å². The maximum absolute atomic E-state index is 10.7. The number of aryl methyl sites for hydroxylation is 3. The number of oxazole rings is 1. The summed E-state index contributed by atoms with van der Waals surface area (Å²) < 4.78 is 11.1. The van der Waals surface area contributed by atoms with Gasteiger partial charge >= 0.3 is 5.97 Å². The molecule has 4 rings (SSSR count). The van der Waals surface area contributed by atoms with E-state index in [4.69, 9.17) is 19.1 Å². The molecule has 1 saturated heterocycles. The highest BCUT2D eigenvalue weighted by atomic mass is 16.7. The van der Waals surface area contributed by atoms with Crippen molar-refractivity contribution in [3.8, 4) is 17.2 Å². The van der Waals surface area contributed by atoms with Crippen LogP contribution < -0.4 is 4.74 Å². The van der Waals surface area contributed by atoms with Gasteiger partial charge in [0.1, 0.15) is 23.8 Å². The number of nitrogens with zero attached hydrogens (tertiary/aromatic N) is 2. The number of benzene rings is 2. The molecule has 7 nitrogen and oxygen atoms in total. The van der Waals surface area contributed by atoms with Gasteiger partial charge in [0.2, 0.25) is 5.89 Å². The lowest BCUT2D eigenvalue weighted by Crippen LogP contribution is -2.10. The van der Waals surface area contributed by atoms with Crippen LogP contribution in [0.5, 0.6) is 5.75 Å². The number of aliphatic carboxylic acids is 1. The molecule has 0 radical (unpaired) electrons. The molecule has 2 unspecified atom stereocenters. The number of hydrogen-bond acceptors (Lipinski definition) is 6. The molecule has 1 aromatic heterocycles. The molecule has 0 saturated carbocycles. The molecule has 30 heavy (non-hydrogen) atoms. The molecule has 1 aliphatic heterocycles. The Balaban J connectivity index is 1.35. The lowest BCUT2D eigenvalue weighted by molar-refractivity contribution is -0.139. The minimum absolute atomic E-state index is 0.168. The van der Waals surface area contributed by atoms with E-state index in [-0.39, 0.29) is 12.6 Å². The normalized spacial score (nSPS) is 17.7. The van der Waals surface area contributed by atoms with E-state index in [9.17, 15) is 4.79 Å². The number of carboxylic acid groups (broad SMARTS) is 1. The SMILES string of the molecule is Cc1ccc(-c2nc(CON3CC3c3ccc(OCC(=O)O)c(C)c3)c(C)o2)cc1. The van der Waals surface area contributed by atoms with Crippen molar-refractivity contribution >= 4 is 5.97 Å². The zero-order valence-corrected chi connectivity index (χ0v) is 17.2. The molecule has 1 fully saturated rings. The molecular weight excluding hydrogens is 384 g/mol. The molecule has 1 aliphatic rings. The van der Waals surface area contributed by atoms with Crippen LogP contribution >= 0.6 is 0 Å². The predicted molar refractivity (Wildman–Crippen MR) is 110 cm³/mol. The number of rotatable bonds is 8. The number of carbonyl (C=O) groups is 1. The van der Waals surface area contributed by atoms with Crippen molar-refractivity contribution in [2.45, 2.75) is 33.4 Å². The van der Waals surface area contributed by atoms with Crippen LogP contribution in [0.2, 0.25) is 0 Å². The van der Waals surface area contributed by atoms with Crippen molar-refractivity contribution < 1.29 is 23.9 Å². The Hall–Kier alpha value is -3.16. The number of ether oxygens (including phenoxy) is 1. The van der Waals surface area contributed by atoms with Gasteiger partial charge in [-0.3, -0.25) is 4.84 Å². The fraction of sp³-hybridized carbons (Fsp3) is 0.304. The molecule has 0 amide bonds. The van der Waals surface area contributed by atoms with E-state index in [0.717, 1.165) is 34.7 Å². The quantitative estimate of drug-likeness (QED) is 0.559. The van der Waals surface area contributed by atoms with Crippen LogP contribution in [0, 0.1) is 20.8 Å². The summed E-state index contributed by atoms with van der Waals surface area (Å²) in [6.07, 6.45) is 0. The number of carboxylic acids is 1. The smallest absolute Gasteiger partial charge is 0.341 e. The van der Waals surface area contributed by atoms with Gasteiger partial charge in [-0.15, -0.1) is 0 Å². The van der Waals surface area contributed by atoms with Crippen LogP contribution in [0.4, 0.5) is 0 Å². The Bertz CT molecular complexity index is 1060. The van der Waals surface area contributed by atoms with Crippen LogP contribution in [0.1, 0.15) is 34.2 Å². The fourth-order valence-corrected chi connectivity index (χ4v) is 3.24. The zero-order chi connectivity index (χ0) is 21.3. The van der Waals surface area contributed by atoms with Crippen LogP contribution in [0.25, 0.3) is 11.5 Å². The third-order valence-corrected chi connectivity index (χ3v) is 5.06. The first-order valence-electron chi connectivity index (χ1n) is 9.79. The summed E-state index contributed by atoms with van der Waals surface area (Å²) in [5, 5.41) is 10.6. The Labute approximate surface area is 174 Å². The van der Waals surface area contributed by atoms with E-state index in [0.29, 0.717) is 18.2 Å². The summed E-state index contributed by atoms with van der Waals surface area (Å²) in [5.74, 6) is 0.936. The van der Waals surface area contributed by atoms with E-state index in [1.807, 2.05) is 62.2 Å². The van der Waals surface area contributed by atoms with Gasteiger partial charge in [-0.2, -0.15) is 5.06 Å². The van der Waals surface area contributed by atoms with Gasteiger partial charge in [0.05, 0.1) is 6.04 Å². The van der Waals surface area contributed by atoms with Crippen LogP contribution in [0.3, 0.4) is 0 Å². The summed E-state index contributed by atoms with van der Waals surface area (Å²) in [7, 11) is 0. The Kier molecular flexibility index (Phi) is 5.57. The van der Waals surface area contributed by atoms with Gasteiger partial charge in [0.15, 0.2) is 6.61 Å². The molecule has 0 spiro atoms. The second kappa shape index (κ2) is 8.30. The maximum atomic E-state index is 10.7. The standard InChI is InChI=1S/C23H24N2O5/c1-14-4-6-17(7-5-14)23-24-19(16(3)30-23)12-29-25-11-20(25)18-8-9-21(15(2)10-18)28-13-22(26)27/h4-10,20H,11-13H2,1-3H3,(H,26,27). The Morgan fingerprint density at radius 1 is 1.20 bits per heavy atom. The monoisotopic (exact) mass is 408 g/mol. The Morgan fingerprint density at radius 2 is 1.97 bits per heavy atom. The molecule has 156 valence electrons. The fourth-order valence-electron chi connectivity index (χ4n) is 3.24. The topological polar surface area (TPSA) is 84.8 Å². The van der Waals surface area contributed by atoms with Crippen molar-refractivity contribution in [3.63, 3.8) is 0 Å². The highest BCUT2D eigenvalue weighted by Crippen LogP contribution is 2.37. The Morgan fingerprint density at radius 3 is 2.67 bits per heavy atom. The van der Waals surface area contributed by atoms with E-state index in [1.54, 1.807) is 6.07 Å². The second-order valence-electron chi connectivity index (χ2n) is 7.48. The summed E-state index contributed by atoms with van der Waals surface area (Å²) in [4.78, 5) is 21.2. The van der Waals surface area contributed by atoms with E-state index >= 15 is 0 Å². The highest BCUT2D eigenvalue weighted by molar-refractivity contribution is 5.68. The average molecular weight is 408 g/mol. The lowest BCUT2D eigenvalue weighted by atomic mass is 10.1. The predicted octanol–water partition coefficient (Wildman–Crippen LogP) is 4.22. The number of aromatic nitrogens is 1. The number of hydroxylamine groups is 2. The first-order chi connectivity index (χ1) is 14.4. The van der Waals surface area contributed by atoms with Crippen molar-refractivity contribution in [2.24, 2.45) is 0 Å². The largest absolute Gasteiger partial charge is 0.482 e. The molecule has 2 aromatic carbocycles. The van der Waals surface area contributed by atoms with E-state index in [1.165, 1.54) is 5.56 Å². The van der Waals surface area contributed by atoms with Crippen molar-refractivity contribution in [2.75, 3.05) is 13.2 Å². The minimum atomic E-state index is -0.992. The molecule has 2 heterocycles. The second-order valence-corrected chi connectivity index (χ2v) is 7.48. The van der Waals surface area contributed by atoms with Gasteiger partial charge < -0.3 is 14.3 Å². The molecule has 2 atom stereocenters. The van der Waals surface area contributed by atoms with Gasteiger partial charge in [0.25, 0.3) is 0 Å². The van der Waals surface area contributed by atoms with Crippen LogP contribution in [0.15, 0.2) is 46.9 Å². The van der Waals surface area contributed by atoms with Gasteiger partial charge in [-0.25, -0.2) is 9.78 Å². The first-order valence-corrected chi connectivity index (χ1v) is 9.79. The molecule has 3 aromatic rings. The first kappa shape index (κ1) is 20.1. The number of hydrogen-bond donors (Lipinski definition) is 1. The van der Waals surface area contributed by atoms with Gasteiger partial charge in [-0.05, 0) is 50.1 Å². The summed E-state index contributed by atoms with van der Waals surface area (Å²) >= 11 is 0. The van der Waals surface area contributed by atoms with Crippen LogP contribution in [-0.4, -0.2) is 34.3 Å². The summed E-state index contributed by atoms with van der Waals surface area (Å²) in [6, 6.07) is 14.0. The highest BCUT2D eigenvalue weighted by Gasteiger charge is 2.37. The molecule has 7 heteroatoms. The lowest BCUT2D eigenvalue weighted by Gasteiger charge is -2.09. The van der Waals surface area contributed by atoms with Crippen molar-refractivity contribution in [3.05, 3.63) is 70.6 Å². The zero-order valence-electron chi connectivity index (χ0n) is 17.2. The van der Waals surface area contributed by atoms with Gasteiger partial charge in [-0.1, -0.05) is 29.8 Å². The third-order valence-electron chi connectivity index (χ3n) is 5.06. The third kappa shape index (κ3) is 4.53. The summed E-state index contributed by atoms with van der Waals surface area (Å²) in [6.45, 7) is 6.62. The molecule has 0 bridgehead atoms. The van der Waals surface area contributed by atoms with Gasteiger partial charge in [0, 0.05) is 12.1 Å². The van der Waals surface area contributed by atoms with E-state index in [2.05, 4.69) is 4.98 Å². The van der Waals surface area contributed by atoms with E-state index < -0.39 is 5.97 Å². The summed E-state index contributed by atoms with van der Waals surface area (Å²) in [5.41, 5.74) is 4.92. The van der Waals surface area contributed by atoms with Crippen molar-refractivity contribution in [1.29, 1.82) is 0 Å². The van der Waals surface area contributed by atoms with Crippen LogP contribution in [-0.2, 0) is 16.2 Å². The average Bonchev–Trinajstić information content (AvgIpc) is 3.40. The molecule has 0 aliphatic carbocycles. The minimum Gasteiger partial charge on any atom is -0.482 e. The molecule has 1 N–H and O–H groups in total. The maximum Gasteiger partial charge on any atom is 0.341 e.